The Kier molecular flexibility index (Phi) is 4.83. The Hall–Kier alpha value is -0.810. The SMILES string of the molecule is Nc1cc(F)c(Br)cc1NCCCOCC1CC1. The lowest BCUT2D eigenvalue weighted by Crippen LogP contribution is -2.08. The molecule has 3 N–H and O–H groups in total. The van der Waals surface area contributed by atoms with E-state index in [0.29, 0.717) is 10.2 Å². The monoisotopic (exact) mass is 316 g/mol. The van der Waals surface area contributed by atoms with E-state index in [1.54, 1.807) is 6.07 Å². The molecule has 3 nitrogen and oxygen atoms in total. The van der Waals surface area contributed by atoms with Crippen molar-refractivity contribution in [2.45, 2.75) is 19.3 Å². The lowest BCUT2D eigenvalue weighted by molar-refractivity contribution is 0.124. The number of halogens is 2. The van der Waals surface area contributed by atoms with E-state index in [0.717, 1.165) is 37.8 Å². The van der Waals surface area contributed by atoms with E-state index in [9.17, 15) is 4.39 Å². The Morgan fingerprint density at radius 3 is 2.94 bits per heavy atom. The number of rotatable bonds is 7. The van der Waals surface area contributed by atoms with Gasteiger partial charge in [0, 0.05) is 25.8 Å². The molecule has 5 heteroatoms. The standard InChI is InChI=1S/C13H18BrFN2O/c14-10-6-13(12(16)7-11(10)15)17-4-1-5-18-8-9-2-3-9/h6-7,9,17H,1-5,8,16H2. The first kappa shape index (κ1) is 13.6. The number of nitrogens with two attached hydrogens (primary N) is 1. The van der Waals surface area contributed by atoms with Gasteiger partial charge < -0.3 is 15.8 Å². The summed E-state index contributed by atoms with van der Waals surface area (Å²) in [5.41, 5.74) is 6.91. The molecule has 0 heterocycles. The molecule has 0 bridgehead atoms. The minimum Gasteiger partial charge on any atom is -0.397 e. The summed E-state index contributed by atoms with van der Waals surface area (Å²) < 4.78 is 19.1. The van der Waals surface area contributed by atoms with Crippen LogP contribution in [0.25, 0.3) is 0 Å². The molecule has 2 rings (SSSR count). The summed E-state index contributed by atoms with van der Waals surface area (Å²) in [7, 11) is 0. The van der Waals surface area contributed by atoms with Gasteiger partial charge in [0.1, 0.15) is 5.82 Å². The van der Waals surface area contributed by atoms with Crippen LogP contribution in [0.4, 0.5) is 15.8 Å². The minimum atomic E-state index is -0.342. The van der Waals surface area contributed by atoms with Gasteiger partial charge in [-0.2, -0.15) is 0 Å². The van der Waals surface area contributed by atoms with Crippen LogP contribution in [-0.2, 0) is 4.74 Å². The fourth-order valence-electron chi connectivity index (χ4n) is 1.65. The molecule has 1 fully saturated rings. The number of anilines is 2. The highest BCUT2D eigenvalue weighted by atomic mass is 79.9. The second kappa shape index (κ2) is 6.38. The van der Waals surface area contributed by atoms with Gasteiger partial charge >= 0.3 is 0 Å². The molecule has 100 valence electrons. The van der Waals surface area contributed by atoms with Gasteiger partial charge in [-0.05, 0) is 47.2 Å². The molecule has 1 saturated carbocycles. The van der Waals surface area contributed by atoms with Crippen LogP contribution in [0.5, 0.6) is 0 Å². The van der Waals surface area contributed by atoms with Gasteiger partial charge in [-0.15, -0.1) is 0 Å². The van der Waals surface area contributed by atoms with Crippen LogP contribution in [-0.4, -0.2) is 19.8 Å². The van der Waals surface area contributed by atoms with Gasteiger partial charge in [-0.1, -0.05) is 0 Å². The van der Waals surface area contributed by atoms with Crippen LogP contribution in [0.2, 0.25) is 0 Å². The lowest BCUT2D eigenvalue weighted by atomic mass is 10.2. The maximum atomic E-state index is 13.2. The zero-order valence-corrected chi connectivity index (χ0v) is 11.8. The molecule has 18 heavy (non-hydrogen) atoms. The number of ether oxygens (including phenoxy) is 1. The summed E-state index contributed by atoms with van der Waals surface area (Å²) in [6.45, 7) is 2.42. The first-order chi connectivity index (χ1) is 8.66. The highest BCUT2D eigenvalue weighted by molar-refractivity contribution is 9.10. The molecule has 0 radical (unpaired) electrons. The zero-order valence-electron chi connectivity index (χ0n) is 10.2. The molecule has 0 aromatic heterocycles. The fraction of sp³-hybridized carbons (Fsp3) is 0.538. The number of hydrogen-bond donors (Lipinski definition) is 2. The fourth-order valence-corrected chi connectivity index (χ4v) is 1.99. The number of hydrogen-bond acceptors (Lipinski definition) is 3. The molecule has 0 aliphatic heterocycles. The van der Waals surface area contributed by atoms with E-state index >= 15 is 0 Å². The van der Waals surface area contributed by atoms with E-state index in [4.69, 9.17) is 10.5 Å². The van der Waals surface area contributed by atoms with Gasteiger partial charge in [0.2, 0.25) is 0 Å². The summed E-state index contributed by atoms with van der Waals surface area (Å²) in [6, 6.07) is 2.98. The van der Waals surface area contributed by atoms with Crippen molar-refractivity contribution in [3.8, 4) is 0 Å². The molecule has 1 aliphatic rings. The molecular weight excluding hydrogens is 299 g/mol. The van der Waals surface area contributed by atoms with Gasteiger partial charge in [-0.3, -0.25) is 0 Å². The van der Waals surface area contributed by atoms with Crippen LogP contribution >= 0.6 is 15.9 Å². The Balaban J connectivity index is 1.67. The van der Waals surface area contributed by atoms with Crippen LogP contribution in [0.3, 0.4) is 0 Å². The van der Waals surface area contributed by atoms with E-state index in [1.165, 1.54) is 18.9 Å². The predicted octanol–water partition coefficient (Wildman–Crippen LogP) is 3.40. The molecule has 1 aromatic carbocycles. The van der Waals surface area contributed by atoms with Crippen LogP contribution in [0.15, 0.2) is 16.6 Å². The maximum absolute atomic E-state index is 13.2. The Labute approximate surface area is 115 Å². The lowest BCUT2D eigenvalue weighted by Gasteiger charge is -2.10. The third-order valence-electron chi connectivity index (χ3n) is 2.92. The molecular formula is C13H18BrFN2O. The van der Waals surface area contributed by atoms with Crippen molar-refractivity contribution in [3.05, 3.63) is 22.4 Å². The molecule has 0 atom stereocenters. The van der Waals surface area contributed by atoms with Gasteiger partial charge in [0.15, 0.2) is 0 Å². The van der Waals surface area contributed by atoms with Crippen molar-refractivity contribution >= 4 is 27.3 Å². The quantitative estimate of drug-likeness (QED) is 0.598. The smallest absolute Gasteiger partial charge is 0.139 e. The van der Waals surface area contributed by atoms with E-state index in [-0.39, 0.29) is 5.82 Å². The molecule has 0 saturated heterocycles. The maximum Gasteiger partial charge on any atom is 0.139 e. The van der Waals surface area contributed by atoms with Crippen molar-refractivity contribution in [3.63, 3.8) is 0 Å². The highest BCUT2D eigenvalue weighted by Gasteiger charge is 2.20. The van der Waals surface area contributed by atoms with Crippen molar-refractivity contribution < 1.29 is 9.13 Å². The average molecular weight is 317 g/mol. The average Bonchev–Trinajstić information content (AvgIpc) is 3.13. The van der Waals surface area contributed by atoms with Gasteiger partial charge in [0.05, 0.1) is 15.8 Å². The van der Waals surface area contributed by atoms with Crippen LogP contribution < -0.4 is 11.1 Å². The van der Waals surface area contributed by atoms with Crippen molar-refractivity contribution in [1.82, 2.24) is 0 Å². The first-order valence-electron chi connectivity index (χ1n) is 6.23. The predicted molar refractivity (Wildman–Crippen MR) is 75.2 cm³/mol. The molecule has 1 aliphatic carbocycles. The topological polar surface area (TPSA) is 47.3 Å². The summed E-state index contributed by atoms with van der Waals surface area (Å²) in [5, 5.41) is 3.18. The largest absolute Gasteiger partial charge is 0.397 e. The molecule has 0 spiro atoms. The number of nitrogens with one attached hydrogen (secondary N) is 1. The highest BCUT2D eigenvalue weighted by Crippen LogP contribution is 2.29. The Morgan fingerprint density at radius 2 is 2.22 bits per heavy atom. The van der Waals surface area contributed by atoms with E-state index < -0.39 is 0 Å². The molecule has 1 aromatic rings. The Bertz CT molecular complexity index is 410. The summed E-state index contributed by atoms with van der Waals surface area (Å²) in [4.78, 5) is 0. The van der Waals surface area contributed by atoms with Crippen LogP contribution in [0, 0.1) is 11.7 Å². The summed E-state index contributed by atoms with van der Waals surface area (Å²) in [6.07, 6.45) is 3.55. The first-order valence-corrected chi connectivity index (χ1v) is 7.02. The van der Waals surface area contributed by atoms with Gasteiger partial charge in [0.25, 0.3) is 0 Å². The number of nitrogen functional groups attached to an aromatic ring is 1. The molecule has 0 amide bonds. The third-order valence-corrected chi connectivity index (χ3v) is 3.53. The second-order valence-corrected chi connectivity index (χ2v) is 5.51. The van der Waals surface area contributed by atoms with Crippen LogP contribution in [0.1, 0.15) is 19.3 Å². The number of benzene rings is 1. The Morgan fingerprint density at radius 1 is 1.44 bits per heavy atom. The normalized spacial score (nSPS) is 14.8. The van der Waals surface area contributed by atoms with E-state index in [2.05, 4.69) is 21.2 Å². The second-order valence-electron chi connectivity index (χ2n) is 4.65. The van der Waals surface area contributed by atoms with Crippen molar-refractivity contribution in [2.75, 3.05) is 30.8 Å². The van der Waals surface area contributed by atoms with Crippen molar-refractivity contribution in [1.29, 1.82) is 0 Å². The van der Waals surface area contributed by atoms with Gasteiger partial charge in [-0.25, -0.2) is 4.39 Å². The minimum absolute atomic E-state index is 0.342. The third kappa shape index (κ3) is 4.14. The molecule has 0 unspecified atom stereocenters. The van der Waals surface area contributed by atoms with E-state index in [1.807, 2.05) is 0 Å². The summed E-state index contributed by atoms with van der Waals surface area (Å²) >= 11 is 3.14. The zero-order chi connectivity index (χ0) is 13.0. The summed E-state index contributed by atoms with van der Waals surface area (Å²) in [5.74, 6) is 0.465. The van der Waals surface area contributed by atoms with Crippen molar-refractivity contribution in [2.24, 2.45) is 5.92 Å².